The molecule has 0 spiro atoms. The van der Waals surface area contributed by atoms with Gasteiger partial charge < -0.3 is 15.3 Å². The van der Waals surface area contributed by atoms with Gasteiger partial charge in [-0.05, 0) is 43.0 Å². The third-order valence-electron chi connectivity index (χ3n) is 5.78. The number of nitrogens with zero attached hydrogens (tertiary/aromatic N) is 1. The summed E-state index contributed by atoms with van der Waals surface area (Å²) in [6, 6.07) is 13.0. The van der Waals surface area contributed by atoms with Crippen LogP contribution in [0, 0.1) is 0 Å². The predicted octanol–water partition coefficient (Wildman–Crippen LogP) is 4.18. The van der Waals surface area contributed by atoms with Crippen molar-refractivity contribution in [3.63, 3.8) is 0 Å². The van der Waals surface area contributed by atoms with Crippen LogP contribution in [0.15, 0.2) is 47.3 Å². The minimum Gasteiger partial charge on any atom is -0.355 e. The summed E-state index contributed by atoms with van der Waals surface area (Å²) in [4.78, 5) is 35.5. The van der Waals surface area contributed by atoms with Gasteiger partial charge in [0.1, 0.15) is 5.82 Å². The van der Waals surface area contributed by atoms with E-state index >= 15 is 0 Å². The average molecular weight is 421 g/mol. The maximum atomic E-state index is 12.7. The topological polar surface area (TPSA) is 90.6 Å². The van der Waals surface area contributed by atoms with Gasteiger partial charge in [0, 0.05) is 23.9 Å². The van der Waals surface area contributed by atoms with Gasteiger partial charge in [-0.3, -0.25) is 9.59 Å². The van der Waals surface area contributed by atoms with Crippen molar-refractivity contribution in [3.05, 3.63) is 74.9 Å². The molecule has 1 amide bonds. The van der Waals surface area contributed by atoms with Crippen LogP contribution in [-0.2, 0) is 17.6 Å². The van der Waals surface area contributed by atoms with Gasteiger partial charge >= 0.3 is 0 Å². The molecule has 5 rings (SSSR count). The minimum atomic E-state index is -0.178. The lowest BCUT2D eigenvalue weighted by atomic mass is 9.91. The normalized spacial score (nSPS) is 16.0. The van der Waals surface area contributed by atoms with Gasteiger partial charge in [-0.1, -0.05) is 35.9 Å². The largest absolute Gasteiger partial charge is 0.355 e. The molecule has 0 aliphatic heterocycles. The molecular weight excluding hydrogens is 400 g/mol. The van der Waals surface area contributed by atoms with Crippen LogP contribution in [0.25, 0.3) is 21.8 Å². The van der Waals surface area contributed by atoms with E-state index in [0.717, 1.165) is 35.9 Å². The van der Waals surface area contributed by atoms with Crippen molar-refractivity contribution in [1.29, 1.82) is 0 Å². The molecule has 3 N–H and O–H groups in total. The Bertz CT molecular complexity index is 1320. The second kappa shape index (κ2) is 7.61. The molecule has 30 heavy (non-hydrogen) atoms. The smallest absolute Gasteiger partial charge is 0.258 e. The van der Waals surface area contributed by atoms with E-state index in [-0.39, 0.29) is 23.9 Å². The molecule has 1 aliphatic carbocycles. The number of carbonyl (C=O) groups is 1. The van der Waals surface area contributed by atoms with Crippen LogP contribution < -0.4 is 10.9 Å². The summed E-state index contributed by atoms with van der Waals surface area (Å²) in [6.45, 7) is 0. The van der Waals surface area contributed by atoms with Gasteiger partial charge in [0.25, 0.3) is 5.56 Å². The number of fused-ring (bicyclic) bond motifs is 4. The Morgan fingerprint density at radius 3 is 2.87 bits per heavy atom. The fraction of sp³-hybridized carbons (Fsp3) is 0.261. The van der Waals surface area contributed by atoms with Gasteiger partial charge in [0.15, 0.2) is 0 Å². The number of rotatable bonds is 4. The average Bonchev–Trinajstić information content (AvgIpc) is 3.14. The van der Waals surface area contributed by atoms with Crippen LogP contribution in [0.1, 0.15) is 42.4 Å². The zero-order valence-electron chi connectivity index (χ0n) is 16.3. The van der Waals surface area contributed by atoms with E-state index in [2.05, 4.69) is 26.3 Å². The van der Waals surface area contributed by atoms with Crippen molar-refractivity contribution < 1.29 is 4.79 Å². The van der Waals surface area contributed by atoms with Crippen LogP contribution in [0.4, 0.5) is 0 Å². The fourth-order valence-electron chi connectivity index (χ4n) is 4.35. The number of hydrogen-bond acceptors (Lipinski definition) is 3. The molecule has 0 bridgehead atoms. The number of nitrogens with one attached hydrogen (secondary N) is 3. The van der Waals surface area contributed by atoms with Crippen LogP contribution in [0.2, 0.25) is 5.02 Å². The summed E-state index contributed by atoms with van der Waals surface area (Å²) >= 11 is 6.35. The Balaban J connectivity index is 1.32. The molecule has 2 aromatic heterocycles. The SMILES string of the molecule is O=C(CCc1nc2ccccc2c(=O)[nH]1)NC1CCCc2c1[nH]c1c(Cl)cccc21. The molecule has 7 heteroatoms. The summed E-state index contributed by atoms with van der Waals surface area (Å²) in [5.41, 5.74) is 3.69. The van der Waals surface area contributed by atoms with Crippen molar-refractivity contribution in [3.8, 4) is 0 Å². The molecular formula is C23H21ClN4O2. The lowest BCUT2D eigenvalue weighted by Gasteiger charge is -2.23. The first-order valence-corrected chi connectivity index (χ1v) is 10.5. The van der Waals surface area contributed by atoms with Gasteiger partial charge in [-0.25, -0.2) is 4.98 Å². The molecule has 2 aromatic carbocycles. The quantitative estimate of drug-likeness (QED) is 0.462. The summed E-state index contributed by atoms with van der Waals surface area (Å²) in [6.07, 6.45) is 3.51. The highest BCUT2D eigenvalue weighted by atomic mass is 35.5. The van der Waals surface area contributed by atoms with E-state index < -0.39 is 0 Å². The Labute approximate surface area is 177 Å². The molecule has 0 radical (unpaired) electrons. The monoisotopic (exact) mass is 420 g/mol. The van der Waals surface area contributed by atoms with Crippen molar-refractivity contribution in [1.82, 2.24) is 20.3 Å². The van der Waals surface area contributed by atoms with E-state index in [4.69, 9.17) is 11.6 Å². The maximum Gasteiger partial charge on any atom is 0.258 e. The molecule has 1 atom stereocenters. The lowest BCUT2D eigenvalue weighted by Crippen LogP contribution is -2.31. The van der Waals surface area contributed by atoms with Gasteiger partial charge in [-0.2, -0.15) is 0 Å². The van der Waals surface area contributed by atoms with E-state index in [0.29, 0.717) is 28.2 Å². The van der Waals surface area contributed by atoms with Crippen molar-refractivity contribution >= 4 is 39.3 Å². The highest BCUT2D eigenvalue weighted by Crippen LogP contribution is 2.36. The van der Waals surface area contributed by atoms with Crippen LogP contribution in [0.5, 0.6) is 0 Å². The summed E-state index contributed by atoms with van der Waals surface area (Å²) in [5.74, 6) is 0.462. The van der Waals surface area contributed by atoms with E-state index in [1.54, 1.807) is 12.1 Å². The number of hydrogen-bond donors (Lipinski definition) is 3. The molecule has 6 nitrogen and oxygen atoms in total. The zero-order valence-corrected chi connectivity index (χ0v) is 17.1. The van der Waals surface area contributed by atoms with E-state index in [9.17, 15) is 9.59 Å². The number of aryl methyl sites for hydroxylation is 2. The molecule has 1 aliphatic rings. The number of aromatic nitrogens is 3. The lowest BCUT2D eigenvalue weighted by molar-refractivity contribution is -0.122. The Kier molecular flexibility index (Phi) is 4.79. The van der Waals surface area contributed by atoms with Gasteiger partial charge in [-0.15, -0.1) is 0 Å². The molecule has 0 saturated carbocycles. The summed E-state index contributed by atoms with van der Waals surface area (Å²) in [5, 5.41) is 5.52. The maximum absolute atomic E-state index is 12.7. The fourth-order valence-corrected chi connectivity index (χ4v) is 4.57. The Morgan fingerprint density at radius 2 is 1.97 bits per heavy atom. The first-order chi connectivity index (χ1) is 14.6. The van der Waals surface area contributed by atoms with Crippen molar-refractivity contribution in [2.45, 2.75) is 38.1 Å². The number of amides is 1. The molecule has 4 aromatic rings. The van der Waals surface area contributed by atoms with Crippen molar-refractivity contribution in [2.24, 2.45) is 0 Å². The molecule has 1 unspecified atom stereocenters. The third kappa shape index (κ3) is 3.37. The first kappa shape index (κ1) is 18.9. The second-order valence-electron chi connectivity index (χ2n) is 7.72. The summed E-state index contributed by atoms with van der Waals surface area (Å²) in [7, 11) is 0. The highest BCUT2D eigenvalue weighted by Gasteiger charge is 2.26. The van der Waals surface area contributed by atoms with Crippen LogP contribution in [0.3, 0.4) is 0 Å². The van der Waals surface area contributed by atoms with E-state index in [1.165, 1.54) is 5.56 Å². The van der Waals surface area contributed by atoms with Crippen molar-refractivity contribution in [2.75, 3.05) is 0 Å². The zero-order chi connectivity index (χ0) is 20.7. The number of para-hydroxylation sites is 2. The number of carbonyl (C=O) groups excluding carboxylic acids is 1. The Morgan fingerprint density at radius 1 is 1.13 bits per heavy atom. The molecule has 2 heterocycles. The first-order valence-electron chi connectivity index (χ1n) is 10.2. The van der Waals surface area contributed by atoms with Crippen LogP contribution in [-0.4, -0.2) is 20.9 Å². The molecule has 0 fully saturated rings. The summed E-state index contributed by atoms with van der Waals surface area (Å²) < 4.78 is 0. The highest BCUT2D eigenvalue weighted by molar-refractivity contribution is 6.35. The standard InChI is InChI=1S/C23H21ClN4O2/c24-16-8-3-6-13-14-7-4-10-18(22(14)28-21(13)16)26-20(29)12-11-19-25-17-9-2-1-5-15(17)23(30)27-19/h1-3,5-6,8-9,18,28H,4,7,10-12H2,(H,26,29)(H,25,27,30). The second-order valence-corrected chi connectivity index (χ2v) is 8.13. The van der Waals surface area contributed by atoms with Gasteiger partial charge in [0.2, 0.25) is 5.91 Å². The number of H-pyrrole nitrogens is 2. The number of aromatic amines is 2. The minimum absolute atomic E-state index is 0.0617. The predicted molar refractivity (Wildman–Crippen MR) is 118 cm³/mol. The van der Waals surface area contributed by atoms with Crippen LogP contribution >= 0.6 is 11.6 Å². The third-order valence-corrected chi connectivity index (χ3v) is 6.09. The Hall–Kier alpha value is -3.12. The number of benzene rings is 2. The van der Waals surface area contributed by atoms with Gasteiger partial charge in [0.05, 0.1) is 27.5 Å². The van der Waals surface area contributed by atoms with E-state index in [1.807, 2.05) is 24.3 Å². The number of halogens is 1. The molecule has 152 valence electrons. The molecule has 0 saturated heterocycles.